The summed E-state index contributed by atoms with van der Waals surface area (Å²) in [5.41, 5.74) is 2.33. The van der Waals surface area contributed by atoms with Crippen molar-refractivity contribution >= 4 is 11.3 Å². The first kappa shape index (κ1) is 12.2. The first-order chi connectivity index (χ1) is 8.29. The molecule has 3 nitrogen and oxygen atoms in total. The maximum absolute atomic E-state index is 4.53. The molecule has 0 aliphatic heterocycles. The first-order valence-corrected chi connectivity index (χ1v) is 6.74. The second-order valence-corrected chi connectivity index (χ2v) is 4.92. The van der Waals surface area contributed by atoms with Gasteiger partial charge in [0.15, 0.2) is 0 Å². The fraction of sp³-hybridized carbons (Fsp3) is 0.385. The van der Waals surface area contributed by atoms with Crippen molar-refractivity contribution in [2.24, 2.45) is 0 Å². The van der Waals surface area contributed by atoms with Gasteiger partial charge in [-0.25, -0.2) is 4.98 Å². The van der Waals surface area contributed by atoms with Gasteiger partial charge in [-0.1, -0.05) is 13.0 Å². The zero-order valence-electron chi connectivity index (χ0n) is 10.2. The van der Waals surface area contributed by atoms with Crippen molar-refractivity contribution in [3.05, 3.63) is 46.2 Å². The number of aromatic nitrogens is 2. The average Bonchev–Trinajstić information content (AvgIpc) is 2.85. The van der Waals surface area contributed by atoms with Crippen molar-refractivity contribution in [3.8, 4) is 0 Å². The molecule has 90 valence electrons. The Kier molecular flexibility index (Phi) is 4.23. The molecule has 0 aliphatic rings. The maximum Gasteiger partial charge on any atom is 0.0926 e. The molecule has 4 heteroatoms. The lowest BCUT2D eigenvalue weighted by Gasteiger charge is -2.12. The number of thiazole rings is 1. The van der Waals surface area contributed by atoms with Crippen LogP contribution in [0.2, 0.25) is 0 Å². The highest BCUT2D eigenvalue weighted by atomic mass is 32.1. The predicted molar refractivity (Wildman–Crippen MR) is 71.0 cm³/mol. The van der Waals surface area contributed by atoms with Gasteiger partial charge in [0, 0.05) is 30.4 Å². The van der Waals surface area contributed by atoms with Crippen molar-refractivity contribution in [2.45, 2.75) is 32.9 Å². The van der Waals surface area contributed by atoms with E-state index in [4.69, 9.17) is 0 Å². The van der Waals surface area contributed by atoms with E-state index < -0.39 is 0 Å². The molecule has 0 aromatic carbocycles. The van der Waals surface area contributed by atoms with Crippen molar-refractivity contribution in [1.82, 2.24) is 15.3 Å². The van der Waals surface area contributed by atoms with Gasteiger partial charge in [-0.15, -0.1) is 11.3 Å². The minimum absolute atomic E-state index is 0.301. The molecule has 0 amide bonds. The number of rotatable bonds is 5. The summed E-state index contributed by atoms with van der Waals surface area (Å²) in [5.74, 6) is 0. The summed E-state index contributed by atoms with van der Waals surface area (Å²) in [6.07, 6.45) is 4.71. The molecule has 1 unspecified atom stereocenters. The molecule has 0 aliphatic carbocycles. The molecular weight excluding hydrogens is 230 g/mol. The zero-order valence-corrected chi connectivity index (χ0v) is 11.0. The second-order valence-electron chi connectivity index (χ2n) is 3.98. The van der Waals surface area contributed by atoms with Crippen LogP contribution in [0.3, 0.4) is 0 Å². The monoisotopic (exact) mass is 247 g/mol. The fourth-order valence-corrected chi connectivity index (χ4v) is 2.34. The van der Waals surface area contributed by atoms with E-state index in [1.54, 1.807) is 17.5 Å². The van der Waals surface area contributed by atoms with E-state index >= 15 is 0 Å². The van der Waals surface area contributed by atoms with Crippen LogP contribution in [0.25, 0.3) is 0 Å². The van der Waals surface area contributed by atoms with E-state index in [1.807, 2.05) is 12.3 Å². The van der Waals surface area contributed by atoms with Crippen molar-refractivity contribution in [2.75, 3.05) is 0 Å². The lowest BCUT2D eigenvalue weighted by Crippen LogP contribution is -2.18. The highest BCUT2D eigenvalue weighted by molar-refractivity contribution is 7.09. The van der Waals surface area contributed by atoms with Crippen LogP contribution in [0, 0.1) is 0 Å². The third-order valence-electron chi connectivity index (χ3n) is 2.68. The molecule has 2 aromatic rings. The molecule has 1 N–H and O–H groups in total. The van der Waals surface area contributed by atoms with Crippen LogP contribution in [0.1, 0.15) is 36.2 Å². The minimum atomic E-state index is 0.301. The number of nitrogens with one attached hydrogen (secondary N) is 1. The van der Waals surface area contributed by atoms with Crippen LogP contribution in [0.15, 0.2) is 29.9 Å². The summed E-state index contributed by atoms with van der Waals surface area (Å²) >= 11 is 1.73. The molecule has 0 fully saturated rings. The maximum atomic E-state index is 4.53. The van der Waals surface area contributed by atoms with E-state index in [-0.39, 0.29) is 0 Å². The van der Waals surface area contributed by atoms with Gasteiger partial charge < -0.3 is 5.32 Å². The molecule has 2 aromatic heterocycles. The number of aryl methyl sites for hydroxylation is 1. The van der Waals surface area contributed by atoms with Crippen LogP contribution in [-0.4, -0.2) is 9.97 Å². The van der Waals surface area contributed by atoms with E-state index in [2.05, 4.69) is 40.6 Å². The molecule has 17 heavy (non-hydrogen) atoms. The van der Waals surface area contributed by atoms with E-state index in [0.717, 1.165) is 18.7 Å². The molecule has 0 saturated carbocycles. The van der Waals surface area contributed by atoms with Gasteiger partial charge in [0.05, 0.1) is 10.7 Å². The van der Waals surface area contributed by atoms with E-state index in [1.165, 1.54) is 10.6 Å². The fourth-order valence-electron chi connectivity index (χ4n) is 1.60. The molecular formula is C13H17N3S. The van der Waals surface area contributed by atoms with Gasteiger partial charge in [-0.3, -0.25) is 4.98 Å². The SMILES string of the molecule is CCc1nc(CNC(C)c2cccnc2)cs1. The highest BCUT2D eigenvalue weighted by Crippen LogP contribution is 2.13. The Morgan fingerprint density at radius 3 is 3.00 bits per heavy atom. The molecule has 2 heterocycles. The first-order valence-electron chi connectivity index (χ1n) is 5.86. The molecule has 1 atom stereocenters. The van der Waals surface area contributed by atoms with Crippen molar-refractivity contribution in [1.29, 1.82) is 0 Å². The summed E-state index contributed by atoms with van der Waals surface area (Å²) in [6.45, 7) is 5.09. The van der Waals surface area contributed by atoms with Gasteiger partial charge in [-0.2, -0.15) is 0 Å². The zero-order chi connectivity index (χ0) is 12.1. The Morgan fingerprint density at radius 1 is 1.47 bits per heavy atom. The normalized spacial score (nSPS) is 12.6. The summed E-state index contributed by atoms with van der Waals surface area (Å²) in [5, 5.41) is 6.79. The molecule has 2 rings (SSSR count). The van der Waals surface area contributed by atoms with Crippen LogP contribution in [0.4, 0.5) is 0 Å². The predicted octanol–water partition coefficient (Wildman–Crippen LogP) is 2.95. The van der Waals surface area contributed by atoms with Gasteiger partial charge in [-0.05, 0) is 25.0 Å². The minimum Gasteiger partial charge on any atom is -0.304 e. The van der Waals surface area contributed by atoms with Gasteiger partial charge in [0.2, 0.25) is 0 Å². The molecule has 0 radical (unpaired) electrons. The van der Waals surface area contributed by atoms with Gasteiger partial charge in [0.1, 0.15) is 0 Å². The lowest BCUT2D eigenvalue weighted by molar-refractivity contribution is 0.567. The van der Waals surface area contributed by atoms with Gasteiger partial charge in [0.25, 0.3) is 0 Å². The molecule has 0 bridgehead atoms. The summed E-state index contributed by atoms with van der Waals surface area (Å²) < 4.78 is 0. The summed E-state index contributed by atoms with van der Waals surface area (Å²) in [6, 6.07) is 4.35. The Hall–Kier alpha value is -1.26. The quantitative estimate of drug-likeness (QED) is 0.882. The second kappa shape index (κ2) is 5.89. The van der Waals surface area contributed by atoms with E-state index in [9.17, 15) is 0 Å². The Morgan fingerprint density at radius 2 is 2.35 bits per heavy atom. The number of nitrogens with zero attached hydrogens (tertiary/aromatic N) is 2. The van der Waals surface area contributed by atoms with Crippen LogP contribution >= 0.6 is 11.3 Å². The highest BCUT2D eigenvalue weighted by Gasteiger charge is 2.06. The Bertz CT molecular complexity index is 453. The lowest BCUT2D eigenvalue weighted by atomic mass is 10.1. The van der Waals surface area contributed by atoms with Crippen molar-refractivity contribution < 1.29 is 0 Å². The molecule has 0 spiro atoms. The van der Waals surface area contributed by atoms with E-state index in [0.29, 0.717) is 6.04 Å². The summed E-state index contributed by atoms with van der Waals surface area (Å²) in [4.78, 5) is 8.66. The largest absolute Gasteiger partial charge is 0.304 e. The van der Waals surface area contributed by atoms with Crippen molar-refractivity contribution in [3.63, 3.8) is 0 Å². The van der Waals surface area contributed by atoms with Crippen LogP contribution in [0.5, 0.6) is 0 Å². The Labute approximate surface area is 106 Å². The van der Waals surface area contributed by atoms with Gasteiger partial charge >= 0.3 is 0 Å². The third kappa shape index (κ3) is 3.35. The van der Waals surface area contributed by atoms with Crippen LogP contribution < -0.4 is 5.32 Å². The topological polar surface area (TPSA) is 37.8 Å². The Balaban J connectivity index is 1.90. The third-order valence-corrected chi connectivity index (χ3v) is 3.72. The number of hydrogen-bond donors (Lipinski definition) is 1. The standard InChI is InChI=1S/C13H17N3S/c1-3-13-16-12(9-17-13)8-15-10(2)11-5-4-6-14-7-11/h4-7,9-10,15H,3,8H2,1-2H3. The van der Waals surface area contributed by atoms with Crippen LogP contribution in [-0.2, 0) is 13.0 Å². The number of hydrogen-bond acceptors (Lipinski definition) is 4. The number of pyridine rings is 1. The smallest absolute Gasteiger partial charge is 0.0926 e. The average molecular weight is 247 g/mol. The molecule has 0 saturated heterocycles. The summed E-state index contributed by atoms with van der Waals surface area (Å²) in [7, 11) is 0.